The van der Waals surface area contributed by atoms with E-state index < -0.39 is 5.82 Å². The molecule has 0 bridgehead atoms. The van der Waals surface area contributed by atoms with Crippen LogP contribution >= 0.6 is 0 Å². The first-order valence-electron chi connectivity index (χ1n) is 4.41. The molecule has 0 fully saturated rings. The summed E-state index contributed by atoms with van der Waals surface area (Å²) in [6.07, 6.45) is 0. The van der Waals surface area contributed by atoms with Crippen molar-refractivity contribution in [2.75, 3.05) is 5.32 Å². The number of nitrogens with one attached hydrogen (secondary N) is 1. The average Bonchev–Trinajstić information content (AvgIpc) is 2.01. The lowest BCUT2D eigenvalue weighted by atomic mass is 10.1. The summed E-state index contributed by atoms with van der Waals surface area (Å²) in [7, 11) is 0. The van der Waals surface area contributed by atoms with Crippen molar-refractivity contribution in [1.29, 1.82) is 5.26 Å². The van der Waals surface area contributed by atoms with Crippen LogP contribution in [0.15, 0.2) is 18.2 Å². The van der Waals surface area contributed by atoms with Crippen molar-refractivity contribution in [2.24, 2.45) is 0 Å². The zero-order chi connectivity index (χ0) is 10.8. The van der Waals surface area contributed by atoms with Gasteiger partial charge in [-0.05, 0) is 32.9 Å². The van der Waals surface area contributed by atoms with Gasteiger partial charge in [-0.1, -0.05) is 6.07 Å². The van der Waals surface area contributed by atoms with Crippen LogP contribution in [0.3, 0.4) is 0 Å². The number of hydrogen-bond acceptors (Lipinski definition) is 2. The summed E-state index contributed by atoms with van der Waals surface area (Å²) >= 11 is 0. The predicted molar refractivity (Wildman–Crippen MR) is 54.5 cm³/mol. The lowest BCUT2D eigenvalue weighted by Gasteiger charge is -2.22. The van der Waals surface area contributed by atoms with Gasteiger partial charge in [-0.15, -0.1) is 0 Å². The van der Waals surface area contributed by atoms with Gasteiger partial charge in [0.15, 0.2) is 0 Å². The van der Waals surface area contributed by atoms with Gasteiger partial charge in [-0.3, -0.25) is 0 Å². The highest BCUT2D eigenvalue weighted by molar-refractivity contribution is 5.58. The van der Waals surface area contributed by atoms with E-state index in [4.69, 9.17) is 5.26 Å². The molecule has 2 nitrogen and oxygen atoms in total. The van der Waals surface area contributed by atoms with Gasteiger partial charge in [0.1, 0.15) is 17.4 Å². The molecule has 0 radical (unpaired) electrons. The second kappa shape index (κ2) is 3.67. The van der Waals surface area contributed by atoms with E-state index in [1.165, 1.54) is 6.07 Å². The lowest BCUT2D eigenvalue weighted by molar-refractivity contribution is 0.615. The lowest BCUT2D eigenvalue weighted by Crippen LogP contribution is -2.26. The number of nitriles is 1. The first-order valence-corrected chi connectivity index (χ1v) is 4.41. The highest BCUT2D eigenvalue weighted by atomic mass is 19.1. The maximum atomic E-state index is 13.2. The fourth-order valence-electron chi connectivity index (χ4n) is 1.15. The van der Waals surface area contributed by atoms with E-state index in [2.05, 4.69) is 5.32 Å². The fourth-order valence-corrected chi connectivity index (χ4v) is 1.15. The minimum atomic E-state index is -0.484. The van der Waals surface area contributed by atoms with Gasteiger partial charge in [0.05, 0.1) is 5.69 Å². The molecular formula is C11H13FN2. The monoisotopic (exact) mass is 192 g/mol. The quantitative estimate of drug-likeness (QED) is 0.742. The van der Waals surface area contributed by atoms with Crippen molar-refractivity contribution < 1.29 is 4.39 Å². The topological polar surface area (TPSA) is 35.8 Å². The molecule has 0 aromatic heterocycles. The molecule has 74 valence electrons. The van der Waals surface area contributed by atoms with Gasteiger partial charge in [0, 0.05) is 5.54 Å². The summed E-state index contributed by atoms with van der Waals surface area (Å²) in [5.74, 6) is -0.484. The third-order valence-electron chi connectivity index (χ3n) is 1.64. The Morgan fingerprint density at radius 1 is 1.36 bits per heavy atom. The minimum Gasteiger partial charge on any atom is -0.379 e. The second-order valence-electron chi connectivity index (χ2n) is 4.15. The largest absolute Gasteiger partial charge is 0.379 e. The Hall–Kier alpha value is -1.56. The highest BCUT2D eigenvalue weighted by Crippen LogP contribution is 2.21. The number of rotatable bonds is 1. The summed E-state index contributed by atoms with van der Waals surface area (Å²) in [6.45, 7) is 5.87. The Kier molecular flexibility index (Phi) is 2.76. The molecular weight excluding hydrogens is 179 g/mol. The van der Waals surface area contributed by atoms with Crippen LogP contribution in [0.25, 0.3) is 0 Å². The average molecular weight is 192 g/mol. The van der Waals surface area contributed by atoms with Crippen LogP contribution in [0, 0.1) is 17.1 Å². The third kappa shape index (κ3) is 2.46. The molecule has 0 aliphatic carbocycles. The van der Waals surface area contributed by atoms with E-state index in [0.717, 1.165) is 0 Å². The van der Waals surface area contributed by atoms with E-state index >= 15 is 0 Å². The van der Waals surface area contributed by atoms with Gasteiger partial charge in [0.25, 0.3) is 0 Å². The Morgan fingerprint density at radius 3 is 2.50 bits per heavy atom. The Balaban J connectivity index is 3.10. The van der Waals surface area contributed by atoms with Crippen LogP contribution in [0.2, 0.25) is 0 Å². The van der Waals surface area contributed by atoms with E-state index in [1.54, 1.807) is 12.1 Å². The summed E-state index contributed by atoms with van der Waals surface area (Å²) in [5, 5.41) is 11.8. The molecule has 0 saturated carbocycles. The molecule has 0 atom stereocenters. The first-order chi connectivity index (χ1) is 6.44. The number of benzene rings is 1. The van der Waals surface area contributed by atoms with Crippen LogP contribution in [-0.2, 0) is 0 Å². The van der Waals surface area contributed by atoms with E-state index in [-0.39, 0.29) is 11.1 Å². The number of halogens is 1. The fraction of sp³-hybridized carbons (Fsp3) is 0.364. The van der Waals surface area contributed by atoms with E-state index in [9.17, 15) is 4.39 Å². The van der Waals surface area contributed by atoms with Crippen molar-refractivity contribution in [3.05, 3.63) is 29.6 Å². The predicted octanol–water partition coefficient (Wildman–Crippen LogP) is 2.91. The highest BCUT2D eigenvalue weighted by Gasteiger charge is 2.14. The summed E-state index contributed by atoms with van der Waals surface area (Å²) in [6, 6.07) is 6.42. The molecule has 14 heavy (non-hydrogen) atoms. The van der Waals surface area contributed by atoms with Crippen molar-refractivity contribution in [2.45, 2.75) is 26.3 Å². The molecule has 1 aromatic rings. The molecule has 0 amide bonds. The molecule has 3 heteroatoms. The van der Waals surface area contributed by atoms with Crippen LogP contribution in [0.4, 0.5) is 10.1 Å². The van der Waals surface area contributed by atoms with Crippen LogP contribution in [0.5, 0.6) is 0 Å². The molecule has 0 saturated heterocycles. The SMILES string of the molecule is CC(C)(C)Nc1cccc(F)c1C#N. The summed E-state index contributed by atoms with van der Waals surface area (Å²) < 4.78 is 13.2. The Morgan fingerprint density at radius 2 is 2.00 bits per heavy atom. The third-order valence-corrected chi connectivity index (χ3v) is 1.64. The van der Waals surface area contributed by atoms with Gasteiger partial charge in [0.2, 0.25) is 0 Å². The van der Waals surface area contributed by atoms with Gasteiger partial charge in [-0.2, -0.15) is 5.26 Å². The first kappa shape index (κ1) is 10.5. The van der Waals surface area contributed by atoms with Gasteiger partial charge in [-0.25, -0.2) is 4.39 Å². The molecule has 0 aliphatic heterocycles. The van der Waals surface area contributed by atoms with Crippen molar-refractivity contribution in [3.8, 4) is 6.07 Å². The van der Waals surface area contributed by atoms with E-state index in [1.807, 2.05) is 26.8 Å². The molecule has 0 aliphatic rings. The molecule has 1 aromatic carbocycles. The Bertz CT molecular complexity index is 372. The number of anilines is 1. The minimum absolute atomic E-state index is 0.0717. The Labute approximate surface area is 83.4 Å². The van der Waals surface area contributed by atoms with Crippen molar-refractivity contribution >= 4 is 5.69 Å². The van der Waals surface area contributed by atoms with Gasteiger partial charge >= 0.3 is 0 Å². The summed E-state index contributed by atoms with van der Waals surface area (Å²) in [5.41, 5.74) is 0.432. The maximum absolute atomic E-state index is 13.2. The molecule has 0 heterocycles. The number of hydrogen-bond donors (Lipinski definition) is 1. The maximum Gasteiger partial charge on any atom is 0.143 e. The van der Waals surface area contributed by atoms with Crippen LogP contribution < -0.4 is 5.32 Å². The zero-order valence-corrected chi connectivity index (χ0v) is 8.56. The van der Waals surface area contributed by atoms with Crippen molar-refractivity contribution in [1.82, 2.24) is 0 Å². The second-order valence-corrected chi connectivity index (χ2v) is 4.15. The van der Waals surface area contributed by atoms with Crippen molar-refractivity contribution in [3.63, 3.8) is 0 Å². The molecule has 1 N–H and O–H groups in total. The van der Waals surface area contributed by atoms with Crippen LogP contribution in [0.1, 0.15) is 26.3 Å². The summed E-state index contributed by atoms with van der Waals surface area (Å²) in [4.78, 5) is 0. The molecule has 1 rings (SSSR count). The molecule has 0 spiro atoms. The van der Waals surface area contributed by atoms with Crippen LogP contribution in [-0.4, -0.2) is 5.54 Å². The smallest absolute Gasteiger partial charge is 0.143 e. The number of nitrogens with zero attached hydrogens (tertiary/aromatic N) is 1. The van der Waals surface area contributed by atoms with Gasteiger partial charge < -0.3 is 5.32 Å². The molecule has 0 unspecified atom stereocenters. The zero-order valence-electron chi connectivity index (χ0n) is 8.56. The normalized spacial score (nSPS) is 10.8. The van der Waals surface area contributed by atoms with E-state index in [0.29, 0.717) is 5.69 Å². The standard InChI is InChI=1S/C11H13FN2/c1-11(2,3)14-10-6-4-5-9(12)8(10)7-13/h4-6,14H,1-3H3.